The molecule has 0 aromatic carbocycles. The van der Waals surface area contributed by atoms with E-state index in [1.807, 2.05) is 0 Å². The van der Waals surface area contributed by atoms with Crippen LogP contribution in [-0.2, 0) is 52.0 Å². The molecule has 0 N–H and O–H groups in total. The number of rotatable bonds is 0. The van der Waals surface area contributed by atoms with Crippen molar-refractivity contribution in [1.29, 1.82) is 0 Å². The summed E-state index contributed by atoms with van der Waals surface area (Å²) in [6.07, 6.45) is 0. The molecule has 0 saturated heterocycles. The first kappa shape index (κ1) is 58.5. The molecule has 0 saturated carbocycles. The van der Waals surface area contributed by atoms with Crippen LogP contribution in [0.25, 0.3) is 0 Å². The molecule has 0 aromatic heterocycles. The van der Waals surface area contributed by atoms with Gasteiger partial charge in [0.1, 0.15) is 0 Å². The topological polar surface area (TPSA) is 401 Å². The minimum Gasteiger partial charge on any atom is -0.759 e. The number of hydrogen-bond acceptors (Lipinski definition) is 20. The van der Waals surface area contributed by atoms with Gasteiger partial charge in [-0.2, -0.15) is 0 Å². The van der Waals surface area contributed by atoms with Gasteiger partial charge in [-0.25, -0.2) is 0 Å². The second kappa shape index (κ2) is 26.2. The predicted octanol–water partition coefficient (Wildman–Crippen LogP) is -7.45. The predicted molar refractivity (Wildman–Crippen MR) is 63.9 cm³/mol. The van der Waals surface area contributed by atoms with Crippen molar-refractivity contribution in [1.82, 2.24) is 0 Å². The van der Waals surface area contributed by atoms with Gasteiger partial charge < -0.3 is 45.5 Å². The Morgan fingerprint density at radius 3 is 0.276 bits per heavy atom. The van der Waals surface area contributed by atoms with Crippen molar-refractivity contribution in [3.63, 3.8) is 0 Å². The summed E-state index contributed by atoms with van der Waals surface area (Å²) in [5, 5.41) is 0. The summed E-state index contributed by atoms with van der Waals surface area (Å²) in [6, 6.07) is 0. The molecule has 0 amide bonds. The molecule has 0 aromatic rings. The molecule has 0 rings (SSSR count). The van der Waals surface area contributed by atoms with Crippen molar-refractivity contribution in [2.24, 2.45) is 0 Å². The molecule has 0 unspecified atom stereocenters. The molecular formula is Ce2Mg2O20S5. The van der Waals surface area contributed by atoms with Crippen LogP contribution in [0.2, 0.25) is 0 Å². The minimum atomic E-state index is -5.17. The minimum absolute atomic E-state index is 0. The van der Waals surface area contributed by atoms with E-state index in [1.165, 1.54) is 0 Å². The Labute approximate surface area is 264 Å². The third kappa shape index (κ3) is 2100. The van der Waals surface area contributed by atoms with Gasteiger partial charge in [-0.05, 0) is 0 Å². The van der Waals surface area contributed by atoms with Crippen molar-refractivity contribution in [3.05, 3.63) is 0 Å². The van der Waals surface area contributed by atoms with E-state index in [9.17, 15) is 0 Å². The van der Waals surface area contributed by atoms with E-state index >= 15 is 0 Å². The van der Waals surface area contributed by atoms with Crippen molar-refractivity contribution in [2.75, 3.05) is 0 Å². The quantitative estimate of drug-likeness (QED) is 0.125. The Bertz CT molecular complexity index is 629. The Morgan fingerprint density at radius 1 is 0.276 bits per heavy atom. The summed E-state index contributed by atoms with van der Waals surface area (Å²) in [7, 11) is -25.8. The molecule has 0 bridgehead atoms. The third-order valence-electron chi connectivity index (χ3n) is 0. The van der Waals surface area contributed by atoms with Gasteiger partial charge in [0.15, 0.2) is 0 Å². The molecule has 0 fully saturated rings. The van der Waals surface area contributed by atoms with Crippen LogP contribution in [0.3, 0.4) is 0 Å². The fourth-order valence-electron chi connectivity index (χ4n) is 0. The maximum Gasteiger partial charge on any atom is 3.00 e. The molecule has 0 aliphatic heterocycles. The van der Waals surface area contributed by atoms with E-state index in [0.717, 1.165) is 0 Å². The molecule has 0 atom stereocenters. The van der Waals surface area contributed by atoms with E-state index in [2.05, 4.69) is 0 Å². The van der Waals surface area contributed by atoms with Gasteiger partial charge in [0.25, 0.3) is 0 Å². The van der Waals surface area contributed by atoms with Gasteiger partial charge >= 0.3 is 130 Å². The van der Waals surface area contributed by atoms with Crippen LogP contribution in [0.5, 0.6) is 0 Å². The van der Waals surface area contributed by atoms with E-state index < -0.39 is 52.0 Å². The Balaban J connectivity index is -0.0000000238. The summed E-state index contributed by atoms with van der Waals surface area (Å²) < 4.78 is 170. The fraction of sp³-hybridized carbons (Fsp3) is 0. The Hall–Kier alpha value is 3.64. The first-order valence-corrected chi connectivity index (χ1v) is 10.0. The molecule has 2 radical (unpaired) electrons. The van der Waals surface area contributed by atoms with Crippen molar-refractivity contribution in [2.45, 2.75) is 0 Å². The molecule has 162 valence electrons. The van der Waals surface area contributed by atoms with Gasteiger partial charge in [-0.3, -0.25) is 42.1 Å². The zero-order chi connectivity index (χ0) is 22.5. The normalized spacial score (nSPS) is 10.0. The largest absolute Gasteiger partial charge is 3.00 e. The summed E-state index contributed by atoms with van der Waals surface area (Å²) in [6.45, 7) is 0. The second-order valence-electron chi connectivity index (χ2n) is 2.04. The van der Waals surface area contributed by atoms with E-state index in [4.69, 9.17) is 87.6 Å². The molecule has 20 nitrogen and oxygen atoms in total. The van der Waals surface area contributed by atoms with Crippen LogP contribution in [0, 0.1) is 83.5 Å². The van der Waals surface area contributed by atoms with Gasteiger partial charge in [-0.15, -0.1) is 0 Å². The standard InChI is InChI=1S/2Ce.2Mg.5H2O4S/c;;;;5*1-5(2,3)4/h;;;;5*(H2,1,2,3,4)/q2*+3;2*+2;;;;;/p-10. The van der Waals surface area contributed by atoms with Crippen molar-refractivity contribution in [3.8, 4) is 0 Å². The molecule has 0 aliphatic carbocycles. The van der Waals surface area contributed by atoms with E-state index in [1.54, 1.807) is 0 Å². The molecule has 0 spiro atoms. The van der Waals surface area contributed by atoms with Crippen LogP contribution in [-0.4, -0.2) is 134 Å². The zero-order valence-corrected chi connectivity index (χ0v) is 25.8. The van der Waals surface area contributed by atoms with Crippen LogP contribution >= 0.6 is 0 Å². The maximum atomic E-state index is 8.52. The van der Waals surface area contributed by atoms with E-state index in [0.29, 0.717) is 0 Å². The number of hydrogen-bond donors (Lipinski definition) is 0. The van der Waals surface area contributed by atoms with E-state index in [-0.39, 0.29) is 130 Å². The second-order valence-corrected chi connectivity index (χ2v) is 6.12. The summed E-state index contributed by atoms with van der Waals surface area (Å²) >= 11 is 0. The summed E-state index contributed by atoms with van der Waals surface area (Å²) in [5.74, 6) is 0. The van der Waals surface area contributed by atoms with Gasteiger partial charge in [0.05, 0.1) is 0 Å². The van der Waals surface area contributed by atoms with Gasteiger partial charge in [0.2, 0.25) is 0 Å². The zero-order valence-electron chi connectivity index (χ0n) is 12.6. The molecule has 0 heterocycles. The average Bonchev–Trinajstić information content (AvgIpc) is 1.79. The molecule has 29 heavy (non-hydrogen) atoms. The fourth-order valence-corrected chi connectivity index (χ4v) is 0. The van der Waals surface area contributed by atoms with Gasteiger partial charge in [-0.1, -0.05) is 0 Å². The molecule has 0 aliphatic rings. The summed E-state index contributed by atoms with van der Waals surface area (Å²) in [5.41, 5.74) is 0. The average molecular weight is 809 g/mol. The SMILES string of the molecule is O=S(=O)([O-])[O-].O=S(=O)([O-])[O-].O=S(=O)([O-])[O-].O=S(=O)([O-])[O-].O=S(=O)([O-])[O-].[Ce+3].[Ce+3].[Mg+2].[Mg+2]. The molecular weight excluding hydrogens is 809 g/mol. The first-order chi connectivity index (χ1) is 10.0. The smallest absolute Gasteiger partial charge is 0.759 e. The van der Waals surface area contributed by atoms with Crippen LogP contribution < -0.4 is 0 Å². The third-order valence-corrected chi connectivity index (χ3v) is 0. The first-order valence-electron chi connectivity index (χ1n) is 3.33. The monoisotopic (exact) mass is 808 g/mol. The van der Waals surface area contributed by atoms with Crippen LogP contribution in [0.1, 0.15) is 0 Å². The van der Waals surface area contributed by atoms with Crippen molar-refractivity contribution >= 4 is 98.1 Å². The summed E-state index contributed by atoms with van der Waals surface area (Å²) in [4.78, 5) is 0. The van der Waals surface area contributed by atoms with Crippen molar-refractivity contribution < 1.29 is 171 Å². The maximum absolute atomic E-state index is 8.52. The van der Waals surface area contributed by atoms with Crippen LogP contribution in [0.15, 0.2) is 0 Å². The Kier molecular flexibility index (Phi) is 52.9. The Morgan fingerprint density at radius 2 is 0.276 bits per heavy atom. The van der Waals surface area contributed by atoms with Crippen LogP contribution in [0.4, 0.5) is 0 Å². The molecule has 29 heteroatoms. The van der Waals surface area contributed by atoms with Gasteiger partial charge in [0, 0.05) is 52.0 Å².